The first-order valence-corrected chi connectivity index (χ1v) is 9.99. The van der Waals surface area contributed by atoms with Crippen LogP contribution in [0.1, 0.15) is 28.8 Å². The number of rotatable bonds is 3. The van der Waals surface area contributed by atoms with Gasteiger partial charge in [-0.2, -0.15) is 0 Å². The molecule has 27 heavy (non-hydrogen) atoms. The summed E-state index contributed by atoms with van der Waals surface area (Å²) < 4.78 is 17.8. The Morgan fingerprint density at radius 2 is 2.00 bits per heavy atom. The summed E-state index contributed by atoms with van der Waals surface area (Å²) in [6, 6.07) is 3.78. The number of fused-ring (bicyclic) bond motifs is 2. The van der Waals surface area contributed by atoms with Gasteiger partial charge in [0.05, 0.1) is 18.2 Å². The average Bonchev–Trinajstić information content (AvgIpc) is 3.30. The predicted octanol–water partition coefficient (Wildman–Crippen LogP) is 1.95. The van der Waals surface area contributed by atoms with E-state index in [1.807, 2.05) is 24.0 Å². The van der Waals surface area contributed by atoms with Crippen molar-refractivity contribution in [1.82, 2.24) is 9.80 Å². The van der Waals surface area contributed by atoms with Gasteiger partial charge in [0.1, 0.15) is 13.2 Å². The van der Waals surface area contributed by atoms with Crippen LogP contribution in [0.3, 0.4) is 0 Å². The Hall–Kier alpha value is -1.79. The second-order valence-corrected chi connectivity index (χ2v) is 8.79. The zero-order valence-corrected chi connectivity index (χ0v) is 16.4. The number of amides is 1. The van der Waals surface area contributed by atoms with E-state index in [1.54, 1.807) is 0 Å². The van der Waals surface area contributed by atoms with Gasteiger partial charge in [0.15, 0.2) is 11.5 Å². The van der Waals surface area contributed by atoms with Gasteiger partial charge in [-0.3, -0.25) is 4.79 Å². The molecule has 4 aliphatic heterocycles. The standard InChI is InChI=1S/C21H28N2O4/c1-13-8-18-19(26-7-6-25-18)9-14(13)20(24)23-11-16-15(10-22(2)3)17-4-5-21(16,12-23)27-17/h8-9,15-17H,4-7,10-12H2,1-3H3/t15-,16+,17+,21+/m0/s1. The first-order chi connectivity index (χ1) is 13.0. The molecule has 6 nitrogen and oxygen atoms in total. The summed E-state index contributed by atoms with van der Waals surface area (Å²) >= 11 is 0. The highest BCUT2D eigenvalue weighted by molar-refractivity contribution is 5.96. The van der Waals surface area contributed by atoms with Crippen LogP contribution >= 0.6 is 0 Å². The van der Waals surface area contributed by atoms with Crippen molar-refractivity contribution in [3.8, 4) is 11.5 Å². The van der Waals surface area contributed by atoms with Crippen molar-refractivity contribution in [3.63, 3.8) is 0 Å². The molecule has 1 amide bonds. The molecule has 5 rings (SSSR count). The Bertz CT molecular complexity index is 780. The molecule has 146 valence electrons. The fraction of sp³-hybridized carbons (Fsp3) is 0.667. The molecule has 4 atom stereocenters. The minimum absolute atomic E-state index is 0.0869. The zero-order valence-electron chi connectivity index (χ0n) is 16.4. The number of aryl methyl sites for hydroxylation is 1. The highest BCUT2D eigenvalue weighted by atomic mass is 16.6. The molecule has 0 N–H and O–H groups in total. The number of carbonyl (C=O) groups excluding carboxylic acids is 1. The highest BCUT2D eigenvalue weighted by Crippen LogP contribution is 2.55. The molecule has 0 aliphatic carbocycles. The van der Waals surface area contributed by atoms with Gasteiger partial charge in [0.2, 0.25) is 0 Å². The molecule has 1 aromatic carbocycles. The summed E-state index contributed by atoms with van der Waals surface area (Å²) in [4.78, 5) is 17.6. The van der Waals surface area contributed by atoms with E-state index in [-0.39, 0.29) is 11.5 Å². The van der Waals surface area contributed by atoms with E-state index in [2.05, 4.69) is 19.0 Å². The summed E-state index contributed by atoms with van der Waals surface area (Å²) in [5, 5.41) is 0. The maximum Gasteiger partial charge on any atom is 0.254 e. The van der Waals surface area contributed by atoms with Crippen LogP contribution in [0.25, 0.3) is 0 Å². The smallest absolute Gasteiger partial charge is 0.254 e. The Kier molecular flexibility index (Phi) is 3.92. The molecular weight excluding hydrogens is 344 g/mol. The number of nitrogens with zero attached hydrogens (tertiary/aromatic N) is 2. The van der Waals surface area contributed by atoms with Crippen molar-refractivity contribution in [3.05, 3.63) is 23.3 Å². The van der Waals surface area contributed by atoms with E-state index in [4.69, 9.17) is 14.2 Å². The molecule has 0 aromatic heterocycles. The highest BCUT2D eigenvalue weighted by Gasteiger charge is 2.63. The van der Waals surface area contributed by atoms with Crippen molar-refractivity contribution >= 4 is 5.91 Å². The van der Waals surface area contributed by atoms with Crippen LogP contribution in [0.2, 0.25) is 0 Å². The molecule has 2 bridgehead atoms. The molecule has 3 fully saturated rings. The molecular formula is C21H28N2O4. The predicted molar refractivity (Wildman–Crippen MR) is 100 cm³/mol. The molecule has 4 aliphatic rings. The largest absolute Gasteiger partial charge is 0.486 e. The van der Waals surface area contributed by atoms with Gasteiger partial charge in [-0.25, -0.2) is 0 Å². The summed E-state index contributed by atoms with van der Waals surface area (Å²) in [5.74, 6) is 2.47. The van der Waals surface area contributed by atoms with Gasteiger partial charge in [0.25, 0.3) is 5.91 Å². The zero-order chi connectivity index (χ0) is 18.8. The van der Waals surface area contributed by atoms with Gasteiger partial charge >= 0.3 is 0 Å². The maximum absolute atomic E-state index is 13.3. The lowest BCUT2D eigenvalue weighted by Gasteiger charge is -2.30. The lowest BCUT2D eigenvalue weighted by Crippen LogP contribution is -2.40. The van der Waals surface area contributed by atoms with Crippen LogP contribution < -0.4 is 9.47 Å². The van der Waals surface area contributed by atoms with Gasteiger partial charge in [-0.15, -0.1) is 0 Å². The van der Waals surface area contributed by atoms with Gasteiger partial charge in [-0.05, 0) is 51.6 Å². The van der Waals surface area contributed by atoms with Gasteiger partial charge in [0, 0.05) is 30.5 Å². The van der Waals surface area contributed by atoms with Crippen LogP contribution in [0.4, 0.5) is 0 Å². The second kappa shape index (κ2) is 6.11. The lowest BCUT2D eigenvalue weighted by molar-refractivity contribution is 0.00255. The maximum atomic E-state index is 13.3. The molecule has 0 saturated carbocycles. The van der Waals surface area contributed by atoms with E-state index >= 15 is 0 Å². The second-order valence-electron chi connectivity index (χ2n) is 8.79. The van der Waals surface area contributed by atoms with E-state index in [0.717, 1.165) is 37.2 Å². The summed E-state index contributed by atoms with van der Waals surface area (Å²) in [5.41, 5.74) is 1.53. The van der Waals surface area contributed by atoms with E-state index in [0.29, 0.717) is 49.0 Å². The van der Waals surface area contributed by atoms with Crippen LogP contribution in [-0.4, -0.2) is 74.4 Å². The van der Waals surface area contributed by atoms with Crippen LogP contribution in [0.15, 0.2) is 12.1 Å². The number of likely N-dealkylation sites (tertiary alicyclic amines) is 1. The first-order valence-electron chi connectivity index (χ1n) is 9.99. The van der Waals surface area contributed by atoms with Gasteiger partial charge < -0.3 is 24.0 Å². The fourth-order valence-electron chi connectivity index (χ4n) is 5.60. The minimum Gasteiger partial charge on any atom is -0.486 e. The summed E-state index contributed by atoms with van der Waals surface area (Å²) in [6.07, 6.45) is 2.57. The van der Waals surface area contributed by atoms with Crippen LogP contribution in [0, 0.1) is 18.8 Å². The number of carbonyl (C=O) groups is 1. The third-order valence-corrected chi connectivity index (χ3v) is 6.77. The van der Waals surface area contributed by atoms with Crippen molar-refractivity contribution in [1.29, 1.82) is 0 Å². The quantitative estimate of drug-likeness (QED) is 0.812. The molecule has 0 radical (unpaired) electrons. The molecule has 4 heterocycles. The Labute approximate surface area is 160 Å². The van der Waals surface area contributed by atoms with Crippen molar-refractivity contribution in [2.75, 3.05) is 46.9 Å². The normalized spacial score (nSPS) is 33.6. The third kappa shape index (κ3) is 2.64. The summed E-state index contributed by atoms with van der Waals surface area (Å²) in [7, 11) is 4.24. The molecule has 6 heteroatoms. The molecule has 0 unspecified atom stereocenters. The SMILES string of the molecule is Cc1cc2c(cc1C(=O)N1C[C@@H]3[C@H](CN(C)C)[C@H]4CC[C@]3(C1)O4)OCCO2. The summed E-state index contributed by atoms with van der Waals surface area (Å²) in [6.45, 7) is 5.59. The number of benzene rings is 1. The van der Waals surface area contributed by atoms with E-state index in [1.165, 1.54) is 0 Å². The Morgan fingerprint density at radius 3 is 2.74 bits per heavy atom. The first kappa shape index (κ1) is 17.3. The van der Waals surface area contributed by atoms with Crippen LogP contribution in [0.5, 0.6) is 11.5 Å². The number of ether oxygens (including phenoxy) is 3. The monoisotopic (exact) mass is 372 g/mol. The minimum atomic E-state index is -0.122. The van der Waals surface area contributed by atoms with Crippen LogP contribution in [-0.2, 0) is 4.74 Å². The Morgan fingerprint density at radius 1 is 1.26 bits per heavy atom. The van der Waals surface area contributed by atoms with E-state index in [9.17, 15) is 4.79 Å². The van der Waals surface area contributed by atoms with Crippen molar-refractivity contribution < 1.29 is 19.0 Å². The number of hydrogen-bond donors (Lipinski definition) is 0. The van der Waals surface area contributed by atoms with Gasteiger partial charge in [-0.1, -0.05) is 0 Å². The third-order valence-electron chi connectivity index (χ3n) is 6.77. The van der Waals surface area contributed by atoms with E-state index < -0.39 is 0 Å². The average molecular weight is 372 g/mol. The fourth-order valence-corrected chi connectivity index (χ4v) is 5.60. The lowest BCUT2D eigenvalue weighted by atomic mass is 9.73. The van der Waals surface area contributed by atoms with Crippen molar-refractivity contribution in [2.24, 2.45) is 11.8 Å². The molecule has 1 aromatic rings. The van der Waals surface area contributed by atoms with Crippen molar-refractivity contribution in [2.45, 2.75) is 31.5 Å². The number of hydrogen-bond acceptors (Lipinski definition) is 5. The topological polar surface area (TPSA) is 51.2 Å². The molecule has 3 saturated heterocycles. The molecule has 1 spiro atoms. The Balaban J connectivity index is 1.40.